The minimum Gasteiger partial charge on any atom is -0.330 e. The van der Waals surface area contributed by atoms with Gasteiger partial charge in [0, 0.05) is 37.1 Å². The van der Waals surface area contributed by atoms with Crippen LogP contribution in [0.15, 0.2) is 24.5 Å². The maximum atomic E-state index is 5.61. The van der Waals surface area contributed by atoms with Crippen molar-refractivity contribution >= 4 is 0 Å². The lowest BCUT2D eigenvalue weighted by Gasteiger charge is -2.02. The van der Waals surface area contributed by atoms with Crippen LogP contribution in [0, 0.1) is 6.92 Å². The highest BCUT2D eigenvalue weighted by molar-refractivity contribution is 5.68. The Hall–Kier alpha value is -1.68. The lowest BCUT2D eigenvalue weighted by molar-refractivity contribution is 0.718. The maximum Gasteiger partial charge on any atom is 0.0718 e. The molecule has 0 fully saturated rings. The van der Waals surface area contributed by atoms with Gasteiger partial charge in [0.05, 0.1) is 5.69 Å². The van der Waals surface area contributed by atoms with E-state index in [-0.39, 0.29) is 0 Å². The number of nitrogens with two attached hydrogens (primary N) is 1. The Morgan fingerprint density at radius 1 is 1.31 bits per heavy atom. The first-order chi connectivity index (χ1) is 7.74. The summed E-state index contributed by atoms with van der Waals surface area (Å²) in [5.74, 6) is 0. The second-order valence-electron chi connectivity index (χ2n) is 3.81. The fraction of sp³-hybridized carbons (Fsp3) is 0.333. The van der Waals surface area contributed by atoms with Crippen molar-refractivity contribution in [1.29, 1.82) is 0 Å². The highest BCUT2D eigenvalue weighted by Gasteiger charge is 2.13. The van der Waals surface area contributed by atoms with E-state index in [1.165, 1.54) is 5.56 Å². The zero-order chi connectivity index (χ0) is 11.5. The maximum absolute atomic E-state index is 5.61. The number of aryl methyl sites for hydroxylation is 1. The van der Waals surface area contributed by atoms with Crippen molar-refractivity contribution in [3.05, 3.63) is 35.9 Å². The highest BCUT2D eigenvalue weighted by Crippen LogP contribution is 2.26. The Labute approximate surface area is 95.1 Å². The largest absolute Gasteiger partial charge is 0.330 e. The molecule has 2 N–H and O–H groups in total. The Morgan fingerprint density at radius 3 is 2.62 bits per heavy atom. The molecule has 0 saturated heterocycles. The van der Waals surface area contributed by atoms with Gasteiger partial charge in [-0.3, -0.25) is 9.67 Å². The Morgan fingerprint density at radius 2 is 2.00 bits per heavy atom. The van der Waals surface area contributed by atoms with Crippen LogP contribution < -0.4 is 5.73 Å². The van der Waals surface area contributed by atoms with E-state index in [1.54, 1.807) is 12.4 Å². The van der Waals surface area contributed by atoms with E-state index in [9.17, 15) is 0 Å². The topological polar surface area (TPSA) is 56.7 Å². The molecule has 2 aromatic rings. The van der Waals surface area contributed by atoms with Crippen LogP contribution in [0.4, 0.5) is 0 Å². The SMILES string of the molecule is Cc1c(-c2ccncc2)c(CCN)nn1C. The molecule has 0 spiro atoms. The lowest BCUT2D eigenvalue weighted by atomic mass is 10.0. The summed E-state index contributed by atoms with van der Waals surface area (Å²) in [6.45, 7) is 2.69. The molecule has 84 valence electrons. The smallest absolute Gasteiger partial charge is 0.0718 e. The highest BCUT2D eigenvalue weighted by atomic mass is 15.3. The van der Waals surface area contributed by atoms with Crippen LogP contribution in [0.3, 0.4) is 0 Å². The van der Waals surface area contributed by atoms with Crippen LogP contribution in [-0.2, 0) is 13.5 Å². The van der Waals surface area contributed by atoms with Crippen molar-refractivity contribution in [3.63, 3.8) is 0 Å². The predicted molar refractivity (Wildman–Crippen MR) is 63.9 cm³/mol. The van der Waals surface area contributed by atoms with Gasteiger partial charge in [-0.1, -0.05) is 0 Å². The summed E-state index contributed by atoms with van der Waals surface area (Å²) in [6.07, 6.45) is 4.40. The summed E-state index contributed by atoms with van der Waals surface area (Å²) in [4.78, 5) is 4.03. The average Bonchev–Trinajstić information content (AvgIpc) is 2.57. The summed E-state index contributed by atoms with van der Waals surface area (Å²) >= 11 is 0. The van der Waals surface area contributed by atoms with Crippen molar-refractivity contribution < 1.29 is 0 Å². The van der Waals surface area contributed by atoms with Crippen LogP contribution in [-0.4, -0.2) is 21.3 Å². The summed E-state index contributed by atoms with van der Waals surface area (Å²) in [6, 6.07) is 4.01. The third-order valence-electron chi connectivity index (χ3n) is 2.76. The number of pyridine rings is 1. The van der Waals surface area contributed by atoms with Crippen LogP contribution >= 0.6 is 0 Å². The molecule has 0 saturated carbocycles. The van der Waals surface area contributed by atoms with Gasteiger partial charge in [0.2, 0.25) is 0 Å². The molecular formula is C12H16N4. The van der Waals surface area contributed by atoms with E-state index in [0.717, 1.165) is 23.4 Å². The molecule has 0 radical (unpaired) electrons. The second-order valence-corrected chi connectivity index (χ2v) is 3.81. The molecule has 4 heteroatoms. The summed E-state index contributed by atoms with van der Waals surface area (Å²) in [5.41, 5.74) is 10.2. The summed E-state index contributed by atoms with van der Waals surface area (Å²) in [7, 11) is 1.96. The molecule has 0 aliphatic heterocycles. The monoisotopic (exact) mass is 216 g/mol. The molecule has 0 bridgehead atoms. The molecule has 2 rings (SSSR count). The third kappa shape index (κ3) is 1.84. The summed E-state index contributed by atoms with van der Waals surface area (Å²) in [5, 5.41) is 4.49. The number of hydrogen-bond donors (Lipinski definition) is 1. The van der Waals surface area contributed by atoms with E-state index in [0.29, 0.717) is 6.54 Å². The van der Waals surface area contributed by atoms with Gasteiger partial charge < -0.3 is 5.73 Å². The molecule has 0 unspecified atom stereocenters. The van der Waals surface area contributed by atoms with E-state index < -0.39 is 0 Å². The minimum atomic E-state index is 0.620. The molecule has 2 heterocycles. The average molecular weight is 216 g/mol. The van der Waals surface area contributed by atoms with Gasteiger partial charge in [0.1, 0.15) is 0 Å². The number of aromatic nitrogens is 3. The number of hydrogen-bond acceptors (Lipinski definition) is 3. The fourth-order valence-corrected chi connectivity index (χ4v) is 1.88. The van der Waals surface area contributed by atoms with E-state index >= 15 is 0 Å². The van der Waals surface area contributed by atoms with Gasteiger partial charge >= 0.3 is 0 Å². The number of nitrogens with zero attached hydrogens (tertiary/aromatic N) is 3. The first kappa shape index (κ1) is 10.8. The summed E-state index contributed by atoms with van der Waals surface area (Å²) < 4.78 is 1.90. The molecule has 0 aromatic carbocycles. The Balaban J connectivity index is 2.54. The van der Waals surface area contributed by atoms with Gasteiger partial charge in [-0.25, -0.2) is 0 Å². The molecule has 16 heavy (non-hydrogen) atoms. The fourth-order valence-electron chi connectivity index (χ4n) is 1.88. The molecule has 2 aromatic heterocycles. The van der Waals surface area contributed by atoms with Crippen LogP contribution in [0.1, 0.15) is 11.4 Å². The molecule has 0 atom stereocenters. The predicted octanol–water partition coefficient (Wildman–Crippen LogP) is 1.29. The van der Waals surface area contributed by atoms with Crippen LogP contribution in [0.25, 0.3) is 11.1 Å². The van der Waals surface area contributed by atoms with Crippen molar-refractivity contribution in [2.45, 2.75) is 13.3 Å². The first-order valence-corrected chi connectivity index (χ1v) is 5.37. The molecule has 0 aliphatic rings. The Kier molecular flexibility index (Phi) is 3.01. The van der Waals surface area contributed by atoms with Gasteiger partial charge in [-0.2, -0.15) is 5.10 Å². The molecule has 0 aliphatic carbocycles. The van der Waals surface area contributed by atoms with Crippen molar-refractivity contribution in [2.24, 2.45) is 12.8 Å². The van der Waals surface area contributed by atoms with Crippen molar-refractivity contribution in [1.82, 2.24) is 14.8 Å². The van der Waals surface area contributed by atoms with Crippen molar-refractivity contribution in [2.75, 3.05) is 6.54 Å². The minimum absolute atomic E-state index is 0.620. The quantitative estimate of drug-likeness (QED) is 0.841. The first-order valence-electron chi connectivity index (χ1n) is 5.37. The standard InChI is InChI=1S/C12H16N4/c1-9-12(10-4-7-14-8-5-10)11(3-6-13)15-16(9)2/h4-5,7-8H,3,6,13H2,1-2H3. The third-order valence-corrected chi connectivity index (χ3v) is 2.76. The van der Waals surface area contributed by atoms with Gasteiger partial charge in [-0.15, -0.1) is 0 Å². The van der Waals surface area contributed by atoms with Gasteiger partial charge in [0.15, 0.2) is 0 Å². The zero-order valence-electron chi connectivity index (χ0n) is 9.64. The van der Waals surface area contributed by atoms with Crippen molar-refractivity contribution in [3.8, 4) is 11.1 Å². The van der Waals surface area contributed by atoms with E-state index in [1.807, 2.05) is 23.9 Å². The zero-order valence-corrected chi connectivity index (χ0v) is 9.64. The van der Waals surface area contributed by atoms with E-state index in [2.05, 4.69) is 17.0 Å². The van der Waals surface area contributed by atoms with Gasteiger partial charge in [-0.05, 0) is 31.2 Å². The molecular weight excluding hydrogens is 200 g/mol. The normalized spacial score (nSPS) is 10.7. The Bertz CT molecular complexity index is 473. The second kappa shape index (κ2) is 4.45. The van der Waals surface area contributed by atoms with Crippen LogP contribution in [0.5, 0.6) is 0 Å². The number of rotatable bonds is 3. The molecule has 4 nitrogen and oxygen atoms in total. The van der Waals surface area contributed by atoms with Gasteiger partial charge in [0.25, 0.3) is 0 Å². The lowest BCUT2D eigenvalue weighted by Crippen LogP contribution is -2.04. The molecule has 0 amide bonds. The van der Waals surface area contributed by atoms with Crippen LogP contribution in [0.2, 0.25) is 0 Å². The van der Waals surface area contributed by atoms with E-state index in [4.69, 9.17) is 5.73 Å².